The smallest absolute Gasteiger partial charge is 0.293 e. The van der Waals surface area contributed by atoms with Crippen molar-refractivity contribution in [3.8, 4) is 11.3 Å². The van der Waals surface area contributed by atoms with Gasteiger partial charge in [-0.1, -0.05) is 42.5 Å². The van der Waals surface area contributed by atoms with Gasteiger partial charge in [-0.2, -0.15) is 0 Å². The zero-order valence-electron chi connectivity index (χ0n) is 14.1. The van der Waals surface area contributed by atoms with Crippen molar-refractivity contribution in [3.05, 3.63) is 86.5 Å². The molecule has 4 nitrogen and oxygen atoms in total. The molecule has 1 aliphatic heterocycles. The minimum Gasteiger partial charge on any atom is -0.457 e. The SMILES string of the molecule is O=C1S/C(=C\c2ccc(-c3ccc(I)cc3)o2)C(=O)N1Cc1ccccc1. The van der Waals surface area contributed by atoms with E-state index in [2.05, 4.69) is 22.6 Å². The van der Waals surface area contributed by atoms with Gasteiger partial charge in [-0.05, 0) is 64.2 Å². The van der Waals surface area contributed by atoms with Gasteiger partial charge in [-0.15, -0.1) is 0 Å². The van der Waals surface area contributed by atoms with Crippen molar-refractivity contribution >= 4 is 51.6 Å². The van der Waals surface area contributed by atoms with Gasteiger partial charge in [0.25, 0.3) is 11.1 Å². The molecule has 1 saturated heterocycles. The summed E-state index contributed by atoms with van der Waals surface area (Å²) in [5.74, 6) is 0.982. The van der Waals surface area contributed by atoms with Crippen molar-refractivity contribution in [3.63, 3.8) is 0 Å². The van der Waals surface area contributed by atoms with Gasteiger partial charge in [-0.3, -0.25) is 14.5 Å². The molecule has 27 heavy (non-hydrogen) atoms. The topological polar surface area (TPSA) is 50.5 Å². The Morgan fingerprint density at radius 3 is 2.44 bits per heavy atom. The molecule has 6 heteroatoms. The molecule has 3 aromatic rings. The minimum atomic E-state index is -0.291. The molecule has 0 spiro atoms. The van der Waals surface area contributed by atoms with Crippen LogP contribution < -0.4 is 0 Å². The zero-order chi connectivity index (χ0) is 18.8. The largest absolute Gasteiger partial charge is 0.457 e. The van der Waals surface area contributed by atoms with Gasteiger partial charge in [-0.25, -0.2) is 0 Å². The number of imide groups is 1. The Balaban J connectivity index is 1.53. The van der Waals surface area contributed by atoms with E-state index in [9.17, 15) is 9.59 Å². The van der Waals surface area contributed by atoms with E-state index in [1.165, 1.54) is 4.90 Å². The van der Waals surface area contributed by atoms with Crippen LogP contribution in [0.5, 0.6) is 0 Å². The third kappa shape index (κ3) is 4.01. The first-order valence-corrected chi connectivity index (χ1v) is 10.1. The number of halogens is 1. The van der Waals surface area contributed by atoms with E-state index in [1.54, 1.807) is 12.1 Å². The van der Waals surface area contributed by atoms with E-state index in [0.717, 1.165) is 32.2 Å². The molecule has 0 saturated carbocycles. The monoisotopic (exact) mass is 487 g/mol. The van der Waals surface area contributed by atoms with E-state index in [0.29, 0.717) is 10.7 Å². The van der Waals surface area contributed by atoms with Crippen molar-refractivity contribution in [2.75, 3.05) is 0 Å². The Morgan fingerprint density at radius 2 is 1.70 bits per heavy atom. The van der Waals surface area contributed by atoms with Crippen LogP contribution >= 0.6 is 34.4 Å². The number of amides is 2. The van der Waals surface area contributed by atoms with Gasteiger partial charge >= 0.3 is 0 Å². The maximum Gasteiger partial charge on any atom is 0.293 e. The summed E-state index contributed by atoms with van der Waals surface area (Å²) in [6.07, 6.45) is 1.63. The lowest BCUT2D eigenvalue weighted by molar-refractivity contribution is -0.123. The molecule has 0 N–H and O–H groups in total. The number of benzene rings is 2. The van der Waals surface area contributed by atoms with E-state index in [1.807, 2.05) is 60.7 Å². The molecule has 2 heterocycles. The summed E-state index contributed by atoms with van der Waals surface area (Å²) in [7, 11) is 0. The predicted molar refractivity (Wildman–Crippen MR) is 115 cm³/mol. The van der Waals surface area contributed by atoms with Gasteiger partial charge in [0.1, 0.15) is 11.5 Å². The summed E-state index contributed by atoms with van der Waals surface area (Å²) in [4.78, 5) is 26.5. The van der Waals surface area contributed by atoms with Gasteiger partial charge in [0, 0.05) is 15.2 Å². The summed E-state index contributed by atoms with van der Waals surface area (Å²) < 4.78 is 6.98. The number of carbonyl (C=O) groups excluding carboxylic acids is 2. The second-order valence-corrected chi connectivity index (χ2v) is 8.20. The first-order valence-electron chi connectivity index (χ1n) is 8.25. The molecule has 4 rings (SSSR count). The van der Waals surface area contributed by atoms with Crippen LogP contribution in [0.25, 0.3) is 17.4 Å². The fraction of sp³-hybridized carbons (Fsp3) is 0.0476. The number of carbonyl (C=O) groups is 2. The first-order chi connectivity index (χ1) is 13.1. The Labute approximate surface area is 174 Å². The molecule has 1 aliphatic rings. The van der Waals surface area contributed by atoms with Crippen LogP contribution in [0.15, 0.2) is 76.1 Å². The number of rotatable bonds is 4. The number of nitrogens with zero attached hydrogens (tertiary/aromatic N) is 1. The highest BCUT2D eigenvalue weighted by Gasteiger charge is 2.35. The highest BCUT2D eigenvalue weighted by Crippen LogP contribution is 2.34. The number of furan rings is 1. The van der Waals surface area contributed by atoms with Crippen LogP contribution in [0.2, 0.25) is 0 Å². The zero-order valence-corrected chi connectivity index (χ0v) is 17.1. The van der Waals surface area contributed by atoms with E-state index in [-0.39, 0.29) is 17.7 Å². The van der Waals surface area contributed by atoms with Crippen molar-refractivity contribution in [2.24, 2.45) is 0 Å². The normalized spacial score (nSPS) is 15.7. The first kappa shape index (κ1) is 18.1. The lowest BCUT2D eigenvalue weighted by atomic mass is 10.2. The lowest BCUT2D eigenvalue weighted by Gasteiger charge is -2.11. The summed E-state index contributed by atoms with van der Waals surface area (Å²) in [6.45, 7) is 0.273. The maximum absolute atomic E-state index is 12.6. The van der Waals surface area contributed by atoms with Crippen LogP contribution in [-0.4, -0.2) is 16.0 Å². The standard InChI is InChI=1S/C21H14INO3S/c22-16-8-6-15(7-9-16)18-11-10-17(26-18)12-19-20(24)23(21(25)27-19)13-14-4-2-1-3-5-14/h1-12H,13H2/b19-12-. The van der Waals surface area contributed by atoms with Crippen LogP contribution in [0.1, 0.15) is 11.3 Å². The Hall–Kier alpha value is -2.32. The predicted octanol–water partition coefficient (Wildman–Crippen LogP) is 5.79. The molecule has 0 aliphatic carbocycles. The molecular weight excluding hydrogens is 473 g/mol. The van der Waals surface area contributed by atoms with Gasteiger partial charge in [0.05, 0.1) is 11.4 Å². The molecule has 1 aromatic heterocycles. The van der Waals surface area contributed by atoms with Crippen LogP contribution in [-0.2, 0) is 11.3 Å². The number of hydrogen-bond donors (Lipinski definition) is 0. The Bertz CT molecular complexity index is 1030. The van der Waals surface area contributed by atoms with Crippen molar-refractivity contribution in [2.45, 2.75) is 6.54 Å². The molecule has 2 aromatic carbocycles. The van der Waals surface area contributed by atoms with Crippen LogP contribution in [0.3, 0.4) is 0 Å². The Kier molecular flexibility index (Phi) is 5.18. The molecule has 134 valence electrons. The van der Waals surface area contributed by atoms with Gasteiger partial charge in [0.15, 0.2) is 0 Å². The fourth-order valence-electron chi connectivity index (χ4n) is 2.73. The third-order valence-corrected chi connectivity index (χ3v) is 5.71. The molecule has 0 radical (unpaired) electrons. The number of thioether (sulfide) groups is 1. The average molecular weight is 487 g/mol. The van der Waals surface area contributed by atoms with Crippen LogP contribution in [0, 0.1) is 3.57 Å². The molecular formula is C21H14INO3S. The highest BCUT2D eigenvalue weighted by molar-refractivity contribution is 14.1. The van der Waals surface area contributed by atoms with Crippen molar-refractivity contribution in [1.29, 1.82) is 0 Å². The lowest BCUT2D eigenvalue weighted by Crippen LogP contribution is -2.27. The van der Waals surface area contributed by atoms with Gasteiger partial charge < -0.3 is 4.42 Å². The fourth-order valence-corrected chi connectivity index (χ4v) is 3.91. The quantitative estimate of drug-likeness (QED) is 0.346. The van der Waals surface area contributed by atoms with E-state index in [4.69, 9.17) is 4.42 Å². The van der Waals surface area contributed by atoms with Crippen LogP contribution in [0.4, 0.5) is 4.79 Å². The number of hydrogen-bond acceptors (Lipinski definition) is 4. The molecule has 2 amide bonds. The van der Waals surface area contributed by atoms with E-state index < -0.39 is 0 Å². The van der Waals surface area contributed by atoms with Crippen molar-refractivity contribution in [1.82, 2.24) is 4.90 Å². The second kappa shape index (κ2) is 7.74. The molecule has 0 atom stereocenters. The second-order valence-electron chi connectivity index (χ2n) is 5.96. The summed E-state index contributed by atoms with van der Waals surface area (Å²) in [6, 6.07) is 21.1. The minimum absolute atomic E-state index is 0.264. The summed E-state index contributed by atoms with van der Waals surface area (Å²) >= 11 is 3.19. The van der Waals surface area contributed by atoms with Crippen molar-refractivity contribution < 1.29 is 14.0 Å². The molecule has 0 unspecified atom stereocenters. The van der Waals surface area contributed by atoms with Gasteiger partial charge in [0.2, 0.25) is 0 Å². The molecule has 1 fully saturated rings. The Morgan fingerprint density at radius 1 is 0.963 bits per heavy atom. The molecule has 0 bridgehead atoms. The summed E-state index contributed by atoms with van der Waals surface area (Å²) in [5, 5.41) is -0.264. The summed E-state index contributed by atoms with van der Waals surface area (Å²) in [5.41, 5.74) is 1.88. The van der Waals surface area contributed by atoms with E-state index >= 15 is 0 Å². The highest BCUT2D eigenvalue weighted by atomic mass is 127. The third-order valence-electron chi connectivity index (χ3n) is 4.09. The maximum atomic E-state index is 12.6. The average Bonchev–Trinajstić information content (AvgIpc) is 3.24.